The first-order valence-corrected chi connectivity index (χ1v) is 5.80. The molecule has 0 saturated heterocycles. The summed E-state index contributed by atoms with van der Waals surface area (Å²) in [5.41, 5.74) is -1.28. The van der Waals surface area contributed by atoms with Crippen molar-refractivity contribution in [2.24, 2.45) is 0 Å². The molecule has 0 aliphatic heterocycles. The molecule has 0 aliphatic rings. The van der Waals surface area contributed by atoms with Crippen LogP contribution in [0.1, 0.15) is 11.6 Å². The maximum atomic E-state index is 13.5. The van der Waals surface area contributed by atoms with E-state index in [0.29, 0.717) is 12.1 Å². The molecule has 0 saturated carbocycles. The van der Waals surface area contributed by atoms with Crippen LogP contribution in [0.4, 0.5) is 22.0 Å². The van der Waals surface area contributed by atoms with Crippen LogP contribution in [0.5, 0.6) is 0 Å². The van der Waals surface area contributed by atoms with E-state index in [9.17, 15) is 26.7 Å². The van der Waals surface area contributed by atoms with Gasteiger partial charge in [-0.25, -0.2) is 13.5 Å². The van der Waals surface area contributed by atoms with E-state index in [1.54, 1.807) is 0 Å². The fourth-order valence-electron chi connectivity index (χ4n) is 1.71. The molecule has 2 rings (SSSR count). The summed E-state index contributed by atoms with van der Waals surface area (Å²) in [7, 11) is 0. The van der Waals surface area contributed by atoms with Crippen LogP contribution in [-0.2, 0) is 11.3 Å². The van der Waals surface area contributed by atoms with Gasteiger partial charge >= 0.3 is 6.18 Å². The van der Waals surface area contributed by atoms with E-state index < -0.39 is 41.9 Å². The molecule has 1 aromatic carbocycles. The van der Waals surface area contributed by atoms with Crippen molar-refractivity contribution in [3.05, 3.63) is 41.7 Å². The fraction of sp³-hybridized carbons (Fsp3) is 0.273. The molecule has 11 heteroatoms. The Hall–Kier alpha value is -2.59. The fourth-order valence-corrected chi connectivity index (χ4v) is 1.71. The number of rotatable bonds is 4. The lowest BCUT2D eigenvalue weighted by atomic mass is 10.0. The largest absolute Gasteiger partial charge is 0.413 e. The maximum absolute atomic E-state index is 13.5. The lowest BCUT2D eigenvalue weighted by Crippen LogP contribution is -2.40. The summed E-state index contributed by atoms with van der Waals surface area (Å²) in [6, 6.07) is -0.558. The molecule has 118 valence electrons. The van der Waals surface area contributed by atoms with Gasteiger partial charge in [-0.1, -0.05) is 6.07 Å². The predicted molar refractivity (Wildman–Crippen MR) is 61.1 cm³/mol. The predicted octanol–water partition coefficient (Wildman–Crippen LogP) is 1.37. The minimum atomic E-state index is -5.08. The van der Waals surface area contributed by atoms with Crippen molar-refractivity contribution < 1.29 is 26.7 Å². The number of halogens is 5. The summed E-state index contributed by atoms with van der Waals surface area (Å²) in [4.78, 5) is 11.6. The van der Waals surface area contributed by atoms with E-state index in [1.165, 1.54) is 5.32 Å². The Morgan fingerprint density at radius 1 is 1.27 bits per heavy atom. The lowest BCUT2D eigenvalue weighted by Gasteiger charge is -2.22. The number of amides is 1. The standard InChI is InChI=1S/C11H8F5N5O/c12-6-2-1-3-7(13)9(6)10(11(14,15)16)18-8(22)4-21-5-17-19-20-21/h1-3,5,10H,4H2,(H,18,22). The molecule has 1 atom stereocenters. The second-order valence-electron chi connectivity index (χ2n) is 4.18. The highest BCUT2D eigenvalue weighted by Gasteiger charge is 2.44. The van der Waals surface area contributed by atoms with E-state index in [-0.39, 0.29) is 0 Å². The summed E-state index contributed by atoms with van der Waals surface area (Å²) in [6.45, 7) is -0.629. The summed E-state index contributed by atoms with van der Waals surface area (Å²) in [5, 5.41) is 11.2. The third-order valence-electron chi connectivity index (χ3n) is 2.62. The summed E-state index contributed by atoms with van der Waals surface area (Å²) < 4.78 is 67.0. The molecular formula is C11H8F5N5O. The maximum Gasteiger partial charge on any atom is 0.413 e. The minimum absolute atomic E-state index is 0.629. The van der Waals surface area contributed by atoms with E-state index >= 15 is 0 Å². The summed E-state index contributed by atoms with van der Waals surface area (Å²) in [6.07, 6.45) is -4.08. The van der Waals surface area contributed by atoms with Crippen molar-refractivity contribution in [3.8, 4) is 0 Å². The van der Waals surface area contributed by atoms with E-state index in [2.05, 4.69) is 15.5 Å². The van der Waals surface area contributed by atoms with E-state index in [1.807, 2.05) is 0 Å². The zero-order chi connectivity index (χ0) is 16.3. The highest BCUT2D eigenvalue weighted by molar-refractivity contribution is 5.76. The van der Waals surface area contributed by atoms with Gasteiger partial charge in [-0.05, 0) is 22.6 Å². The smallest absolute Gasteiger partial charge is 0.339 e. The van der Waals surface area contributed by atoms with Crippen LogP contribution in [0.25, 0.3) is 0 Å². The Kier molecular flexibility index (Phi) is 4.33. The first-order valence-electron chi connectivity index (χ1n) is 5.80. The van der Waals surface area contributed by atoms with Crippen LogP contribution in [0.15, 0.2) is 24.5 Å². The van der Waals surface area contributed by atoms with Gasteiger partial charge in [0.2, 0.25) is 5.91 Å². The van der Waals surface area contributed by atoms with E-state index in [0.717, 1.165) is 17.1 Å². The molecule has 2 aromatic rings. The molecule has 6 nitrogen and oxygen atoms in total. The Morgan fingerprint density at radius 3 is 2.41 bits per heavy atom. The normalized spacial score (nSPS) is 13.0. The van der Waals surface area contributed by atoms with Crippen LogP contribution < -0.4 is 5.32 Å². The Labute approximate surface area is 119 Å². The number of hydrogen-bond acceptors (Lipinski definition) is 4. The number of alkyl halides is 3. The minimum Gasteiger partial charge on any atom is -0.339 e. The Bertz CT molecular complexity index is 637. The van der Waals surface area contributed by atoms with Crippen molar-refractivity contribution >= 4 is 5.91 Å². The molecule has 1 aromatic heterocycles. The number of carbonyl (C=O) groups is 1. The monoisotopic (exact) mass is 321 g/mol. The second-order valence-corrected chi connectivity index (χ2v) is 4.18. The van der Waals surface area contributed by atoms with Gasteiger partial charge in [0.05, 0.1) is 5.56 Å². The van der Waals surface area contributed by atoms with Gasteiger partial charge in [0.1, 0.15) is 24.5 Å². The number of nitrogens with zero attached hydrogens (tertiary/aromatic N) is 4. The van der Waals surface area contributed by atoms with Crippen molar-refractivity contribution in [3.63, 3.8) is 0 Å². The average molecular weight is 321 g/mol. The number of hydrogen-bond donors (Lipinski definition) is 1. The van der Waals surface area contributed by atoms with Crippen LogP contribution in [0, 0.1) is 11.6 Å². The van der Waals surface area contributed by atoms with Crippen molar-refractivity contribution in [1.82, 2.24) is 25.5 Å². The molecule has 1 unspecified atom stereocenters. The number of aromatic nitrogens is 4. The molecule has 0 radical (unpaired) electrons. The van der Waals surface area contributed by atoms with Crippen molar-refractivity contribution in [2.75, 3.05) is 0 Å². The Morgan fingerprint density at radius 2 is 1.91 bits per heavy atom. The highest BCUT2D eigenvalue weighted by atomic mass is 19.4. The average Bonchev–Trinajstić information content (AvgIpc) is 2.89. The Balaban J connectivity index is 2.26. The van der Waals surface area contributed by atoms with Gasteiger partial charge in [-0.3, -0.25) is 4.79 Å². The molecule has 22 heavy (non-hydrogen) atoms. The number of nitrogens with one attached hydrogen (secondary N) is 1. The summed E-state index contributed by atoms with van der Waals surface area (Å²) in [5.74, 6) is -3.98. The number of tetrazole rings is 1. The van der Waals surface area contributed by atoms with Gasteiger partial charge < -0.3 is 5.32 Å². The van der Waals surface area contributed by atoms with Crippen LogP contribution >= 0.6 is 0 Å². The number of benzene rings is 1. The third kappa shape index (κ3) is 3.54. The molecule has 0 aliphatic carbocycles. The molecular weight excluding hydrogens is 313 g/mol. The number of carbonyl (C=O) groups excluding carboxylic acids is 1. The summed E-state index contributed by atoms with van der Waals surface area (Å²) >= 11 is 0. The molecule has 0 spiro atoms. The van der Waals surface area contributed by atoms with Crippen LogP contribution in [-0.4, -0.2) is 32.3 Å². The van der Waals surface area contributed by atoms with Gasteiger partial charge in [0, 0.05) is 0 Å². The molecule has 0 bridgehead atoms. The zero-order valence-electron chi connectivity index (χ0n) is 10.7. The SMILES string of the molecule is O=C(Cn1cnnn1)NC(c1c(F)cccc1F)C(F)(F)F. The zero-order valence-corrected chi connectivity index (χ0v) is 10.7. The third-order valence-corrected chi connectivity index (χ3v) is 2.62. The topological polar surface area (TPSA) is 72.7 Å². The first-order chi connectivity index (χ1) is 10.3. The molecule has 0 fully saturated rings. The van der Waals surface area contributed by atoms with Crippen LogP contribution in [0.2, 0.25) is 0 Å². The van der Waals surface area contributed by atoms with Gasteiger partial charge in [-0.2, -0.15) is 13.2 Å². The quantitative estimate of drug-likeness (QED) is 0.863. The first kappa shape index (κ1) is 15.8. The van der Waals surface area contributed by atoms with Gasteiger partial charge in [0.25, 0.3) is 0 Å². The van der Waals surface area contributed by atoms with Gasteiger partial charge in [0.15, 0.2) is 6.04 Å². The van der Waals surface area contributed by atoms with Crippen molar-refractivity contribution in [1.29, 1.82) is 0 Å². The van der Waals surface area contributed by atoms with Crippen molar-refractivity contribution in [2.45, 2.75) is 18.8 Å². The second kappa shape index (κ2) is 6.03. The molecule has 1 amide bonds. The van der Waals surface area contributed by atoms with E-state index in [4.69, 9.17) is 0 Å². The van der Waals surface area contributed by atoms with Gasteiger partial charge in [-0.15, -0.1) is 5.10 Å². The lowest BCUT2D eigenvalue weighted by molar-refractivity contribution is -0.164. The highest BCUT2D eigenvalue weighted by Crippen LogP contribution is 2.35. The molecule has 1 heterocycles. The van der Waals surface area contributed by atoms with Crippen LogP contribution in [0.3, 0.4) is 0 Å². The molecule has 1 N–H and O–H groups in total.